The molecule has 0 aromatic carbocycles. The quantitative estimate of drug-likeness (QED) is 0.533. The molecule has 1 heterocycles. The molecule has 10 heavy (non-hydrogen) atoms. The molecule has 0 atom stereocenters. The highest BCUT2D eigenvalue weighted by atomic mass is 35.5. The van der Waals surface area contributed by atoms with Crippen LogP contribution in [0.15, 0.2) is 10.7 Å². The maximum absolute atomic E-state index is 8.12. The molecule has 6 heteroatoms. The van der Waals surface area contributed by atoms with E-state index in [1.807, 2.05) is 6.07 Å². The lowest BCUT2D eigenvalue weighted by Crippen LogP contribution is -2.36. The molecule has 0 aliphatic rings. The lowest BCUT2D eigenvalue weighted by Gasteiger charge is -1.84. The summed E-state index contributed by atoms with van der Waals surface area (Å²) in [6.45, 7) is 0.127. The van der Waals surface area contributed by atoms with Gasteiger partial charge in [0, 0.05) is 0 Å². The summed E-state index contributed by atoms with van der Waals surface area (Å²) in [5.41, 5.74) is -0.0368. The van der Waals surface area contributed by atoms with Gasteiger partial charge in [-0.2, -0.15) is 5.26 Å². The third-order valence-corrected chi connectivity index (χ3v) is 0.743. The first-order valence-corrected chi connectivity index (χ1v) is 2.28. The van der Waals surface area contributed by atoms with Crippen molar-refractivity contribution in [1.82, 2.24) is 5.27 Å². The summed E-state index contributed by atoms with van der Waals surface area (Å²) in [6.07, 6.45) is 1.34. The highest BCUT2D eigenvalue weighted by molar-refractivity contribution is 5.85. The summed E-state index contributed by atoms with van der Waals surface area (Å²) in [5.74, 6) is 0. The first-order chi connectivity index (χ1) is 4.33. The minimum atomic E-state index is -0.0368. The molecular weight excluding hydrogens is 156 g/mol. The van der Waals surface area contributed by atoms with Crippen molar-refractivity contribution >= 4 is 12.4 Å². The smallest absolute Gasteiger partial charge is 0.264 e. The van der Waals surface area contributed by atoms with Crippen LogP contribution in [0.1, 0.15) is 0 Å². The van der Waals surface area contributed by atoms with E-state index in [9.17, 15) is 0 Å². The Kier molecular flexibility index (Phi) is 3.22. The van der Waals surface area contributed by atoms with Gasteiger partial charge in [0.15, 0.2) is 0 Å². The van der Waals surface area contributed by atoms with Crippen LogP contribution in [0.2, 0.25) is 0 Å². The van der Waals surface area contributed by atoms with E-state index >= 15 is 0 Å². The van der Waals surface area contributed by atoms with Crippen LogP contribution in [0.3, 0.4) is 0 Å². The molecule has 0 amide bonds. The Morgan fingerprint density at radius 1 is 1.90 bits per heavy atom. The predicted octanol–water partition coefficient (Wildman–Crippen LogP) is -1.05. The minimum Gasteiger partial charge on any atom is -0.487 e. The lowest BCUT2D eigenvalue weighted by atomic mass is 10.7. The highest BCUT2D eigenvalue weighted by Crippen LogP contribution is 1.55. The molecule has 0 aliphatic carbocycles. The zero-order valence-electron chi connectivity index (χ0n) is 4.94. The fraction of sp³-hybridized carbons (Fsp3) is 0.250. The molecule has 0 saturated heterocycles. The predicted molar refractivity (Wildman–Crippen MR) is 30.9 cm³/mol. The Labute approximate surface area is 62.8 Å². The van der Waals surface area contributed by atoms with Crippen LogP contribution in [0, 0.1) is 16.7 Å². The summed E-state index contributed by atoms with van der Waals surface area (Å²) in [4.78, 5) is 0. The third-order valence-electron chi connectivity index (χ3n) is 0.743. The van der Waals surface area contributed by atoms with Gasteiger partial charge in [-0.1, -0.05) is 0 Å². The average Bonchev–Trinajstić information content (AvgIpc) is 2.17. The van der Waals surface area contributed by atoms with Gasteiger partial charge in [0.25, 0.3) is 5.55 Å². The Morgan fingerprint density at radius 3 is 3.00 bits per heavy atom. The van der Waals surface area contributed by atoms with Crippen molar-refractivity contribution in [3.8, 4) is 6.07 Å². The van der Waals surface area contributed by atoms with Crippen LogP contribution >= 0.6 is 12.4 Å². The number of hydrogen-bond donors (Lipinski definition) is 1. The van der Waals surface area contributed by atoms with Crippen LogP contribution in [0.4, 0.5) is 0 Å². The van der Waals surface area contributed by atoms with Crippen molar-refractivity contribution in [2.45, 2.75) is 6.54 Å². The Balaban J connectivity index is 0.000000810. The molecule has 54 valence electrons. The summed E-state index contributed by atoms with van der Waals surface area (Å²) in [6, 6.07) is 1.85. The Morgan fingerprint density at radius 2 is 2.60 bits per heavy atom. The molecule has 1 N–H and O–H groups in total. The van der Waals surface area contributed by atoms with Crippen LogP contribution in [0.5, 0.6) is 0 Å². The largest absolute Gasteiger partial charge is 0.487 e. The van der Waals surface area contributed by atoms with E-state index in [1.165, 1.54) is 10.9 Å². The molecule has 1 aromatic rings. The average molecular weight is 161 g/mol. The van der Waals surface area contributed by atoms with Gasteiger partial charge >= 0.3 is 0 Å². The van der Waals surface area contributed by atoms with Gasteiger partial charge in [-0.15, -0.1) is 12.4 Å². The molecule has 0 unspecified atom stereocenters. The summed E-state index contributed by atoms with van der Waals surface area (Å²) in [5, 5.41) is 18.3. The number of nitrogens with one attached hydrogen (secondary N) is 1. The molecule has 0 saturated carbocycles. The van der Waals surface area contributed by atoms with Crippen molar-refractivity contribution in [2.75, 3.05) is 0 Å². The van der Waals surface area contributed by atoms with Gasteiger partial charge in [0.2, 0.25) is 12.7 Å². The van der Waals surface area contributed by atoms with Crippen molar-refractivity contribution in [1.29, 1.82) is 10.7 Å². The van der Waals surface area contributed by atoms with E-state index in [0.717, 1.165) is 0 Å². The molecule has 0 fully saturated rings. The first-order valence-electron chi connectivity index (χ1n) is 2.28. The molecule has 0 aliphatic heterocycles. The monoisotopic (exact) mass is 160 g/mol. The van der Waals surface area contributed by atoms with Crippen molar-refractivity contribution in [3.63, 3.8) is 0 Å². The number of nitrogens with zero attached hydrogens (tertiary/aromatic N) is 3. The maximum atomic E-state index is 8.12. The molecule has 1 rings (SSSR count). The third kappa shape index (κ3) is 1.91. The van der Waals surface area contributed by atoms with E-state index in [4.69, 9.17) is 10.7 Å². The Hall–Kier alpha value is -1.28. The topological polar surface area (TPSA) is 78.8 Å². The van der Waals surface area contributed by atoms with E-state index in [-0.39, 0.29) is 24.5 Å². The van der Waals surface area contributed by atoms with E-state index in [1.54, 1.807) is 0 Å². The number of hydrogen-bond acceptors (Lipinski definition) is 3. The summed E-state index contributed by atoms with van der Waals surface area (Å²) >= 11 is 0. The molecule has 0 bridgehead atoms. The number of rotatable bonds is 1. The second kappa shape index (κ2) is 3.69. The van der Waals surface area contributed by atoms with E-state index in [2.05, 4.69) is 9.79 Å². The standard InChI is InChI=1S/C4H4N4O.ClH/c5-1-2-8-3-4(6)9-7-8;/h3,6H,2H2;1H. The van der Waals surface area contributed by atoms with E-state index < -0.39 is 0 Å². The van der Waals surface area contributed by atoms with Gasteiger partial charge in [0.1, 0.15) is 6.07 Å². The normalized spacial score (nSPS) is 7.90. The second-order valence-electron chi connectivity index (χ2n) is 1.42. The van der Waals surface area contributed by atoms with Gasteiger partial charge in [0.05, 0.1) is 0 Å². The fourth-order valence-corrected chi connectivity index (χ4v) is 0.426. The van der Waals surface area contributed by atoms with E-state index in [0.29, 0.717) is 0 Å². The minimum absolute atomic E-state index is 0. The Bertz CT molecular complexity index is 282. The highest BCUT2D eigenvalue weighted by Gasteiger charge is 1.90. The van der Waals surface area contributed by atoms with Gasteiger partial charge in [-0.25, -0.2) is 4.68 Å². The number of halogens is 1. The van der Waals surface area contributed by atoms with Crippen molar-refractivity contribution in [2.24, 2.45) is 0 Å². The summed E-state index contributed by atoms with van der Waals surface area (Å²) < 4.78 is 5.60. The number of nitriles is 1. The van der Waals surface area contributed by atoms with Crippen molar-refractivity contribution < 1.29 is 9.20 Å². The molecular formula is C4H5ClN4O. The van der Waals surface area contributed by atoms with Crippen LogP contribution in [0.25, 0.3) is 0 Å². The number of aromatic nitrogens is 2. The fourth-order valence-electron chi connectivity index (χ4n) is 0.426. The lowest BCUT2D eigenvalue weighted by molar-refractivity contribution is -0.757. The summed E-state index contributed by atoms with van der Waals surface area (Å²) in [7, 11) is 0. The van der Waals surface area contributed by atoms with Gasteiger partial charge in [-0.3, -0.25) is 10.7 Å². The maximum Gasteiger partial charge on any atom is 0.264 e. The molecule has 0 spiro atoms. The zero-order chi connectivity index (χ0) is 6.69. The second-order valence-corrected chi connectivity index (χ2v) is 1.42. The first kappa shape index (κ1) is 8.72. The van der Waals surface area contributed by atoms with Gasteiger partial charge < -0.3 is 4.52 Å². The van der Waals surface area contributed by atoms with Crippen LogP contribution in [-0.4, -0.2) is 0 Å². The molecule has 5 nitrogen and oxygen atoms in total. The SMILES string of the molecule is Cl.N#CC[n+]1cc(=N)o[n-]1. The zero-order valence-corrected chi connectivity index (χ0v) is 5.76. The molecule has 1 aromatic heterocycles. The van der Waals surface area contributed by atoms with Crippen LogP contribution < -0.4 is 15.5 Å². The van der Waals surface area contributed by atoms with Crippen molar-refractivity contribution in [3.05, 3.63) is 11.8 Å². The van der Waals surface area contributed by atoms with Crippen LogP contribution in [-0.2, 0) is 6.54 Å². The molecule has 0 radical (unpaired) electrons. The van der Waals surface area contributed by atoms with Gasteiger partial charge in [-0.05, 0) is 0 Å².